The number of hydrogen-bond donors (Lipinski definition) is 2. The van der Waals surface area contributed by atoms with Crippen molar-refractivity contribution in [2.75, 3.05) is 6.54 Å². The van der Waals surface area contributed by atoms with E-state index in [-0.39, 0.29) is 30.6 Å². The van der Waals surface area contributed by atoms with Crippen molar-refractivity contribution < 1.29 is 9.72 Å². The van der Waals surface area contributed by atoms with Crippen LogP contribution in [0.1, 0.15) is 26.1 Å². The number of rotatable bonds is 6. The molecule has 0 aliphatic rings. The van der Waals surface area contributed by atoms with E-state index in [1.165, 1.54) is 6.20 Å². The van der Waals surface area contributed by atoms with Crippen LogP contribution < -0.4 is 11.1 Å². The van der Waals surface area contributed by atoms with Gasteiger partial charge in [0.1, 0.15) is 6.20 Å². The Kier molecular flexibility index (Phi) is 6.60. The minimum Gasteiger partial charge on any atom is -0.358 e. The predicted octanol–water partition coefficient (Wildman–Crippen LogP) is 0.765. The Morgan fingerprint density at radius 2 is 2.20 bits per heavy atom. The lowest BCUT2D eigenvalue weighted by Crippen LogP contribution is -2.45. The molecule has 0 aromatic carbocycles. The van der Waals surface area contributed by atoms with E-state index >= 15 is 0 Å². The molecular formula is C11H20ClN5O3. The van der Waals surface area contributed by atoms with E-state index in [4.69, 9.17) is 5.73 Å². The van der Waals surface area contributed by atoms with E-state index in [1.54, 1.807) is 11.5 Å². The number of aromatic nitrogens is 2. The summed E-state index contributed by atoms with van der Waals surface area (Å²) in [5.74, 6) is 0.161. The first kappa shape index (κ1) is 18.3. The highest BCUT2D eigenvalue weighted by Gasteiger charge is 2.16. The number of nitro groups is 1. The second-order valence-corrected chi connectivity index (χ2v) is 5.11. The summed E-state index contributed by atoms with van der Waals surface area (Å²) < 4.78 is 1.59. The van der Waals surface area contributed by atoms with Crippen LogP contribution in [-0.2, 0) is 11.3 Å². The van der Waals surface area contributed by atoms with Crippen LogP contribution in [-0.4, -0.2) is 32.5 Å². The number of nitrogens with one attached hydrogen (secondary N) is 1. The van der Waals surface area contributed by atoms with Gasteiger partial charge < -0.3 is 25.7 Å². The highest BCUT2D eigenvalue weighted by atomic mass is 35.5. The Labute approximate surface area is 123 Å². The molecule has 0 fully saturated rings. The van der Waals surface area contributed by atoms with Crippen molar-refractivity contribution in [1.82, 2.24) is 14.9 Å². The van der Waals surface area contributed by atoms with E-state index in [9.17, 15) is 14.9 Å². The van der Waals surface area contributed by atoms with Gasteiger partial charge in [-0.15, -0.1) is 12.4 Å². The lowest BCUT2D eigenvalue weighted by molar-refractivity contribution is -0.389. The predicted molar refractivity (Wildman–Crippen MR) is 76.8 cm³/mol. The first-order valence-corrected chi connectivity index (χ1v) is 5.93. The van der Waals surface area contributed by atoms with Gasteiger partial charge in [0.05, 0.1) is 0 Å². The van der Waals surface area contributed by atoms with Gasteiger partial charge in [-0.25, -0.2) is 0 Å². The van der Waals surface area contributed by atoms with Crippen molar-refractivity contribution in [3.05, 3.63) is 22.1 Å². The van der Waals surface area contributed by atoms with Crippen molar-refractivity contribution in [1.29, 1.82) is 0 Å². The second-order valence-electron chi connectivity index (χ2n) is 5.11. The van der Waals surface area contributed by atoms with Crippen LogP contribution >= 0.6 is 12.4 Å². The topological polar surface area (TPSA) is 116 Å². The molecule has 1 aromatic heterocycles. The number of hydrogen-bond acceptors (Lipinski definition) is 5. The lowest BCUT2D eigenvalue weighted by Gasteiger charge is -2.18. The standard InChI is InChI=1S/C11H19N5O3.ClH/c1-8-14-9(16(18)19)6-15(8)5-4-10(17)13-7-11(2,3)12;/h6H,4-5,7,12H2,1-3H3,(H,13,17);1H. The van der Waals surface area contributed by atoms with E-state index in [1.807, 2.05) is 13.8 Å². The Hall–Kier alpha value is -1.67. The largest absolute Gasteiger partial charge is 0.381 e. The SMILES string of the molecule is Cc1nc([N+](=O)[O-])cn1CCC(=O)NCC(C)(C)N.Cl. The van der Waals surface area contributed by atoms with Gasteiger partial charge in [0, 0.05) is 32.0 Å². The molecule has 0 saturated carbocycles. The molecule has 8 nitrogen and oxygen atoms in total. The molecule has 0 aliphatic heterocycles. The number of nitrogens with zero attached hydrogens (tertiary/aromatic N) is 3. The summed E-state index contributed by atoms with van der Waals surface area (Å²) in [5, 5.41) is 13.3. The summed E-state index contributed by atoms with van der Waals surface area (Å²) in [6.45, 7) is 6.03. The van der Waals surface area contributed by atoms with Crippen LogP contribution in [0.15, 0.2) is 6.20 Å². The molecule has 9 heteroatoms. The number of halogens is 1. The van der Waals surface area contributed by atoms with Crippen molar-refractivity contribution in [3.63, 3.8) is 0 Å². The van der Waals surface area contributed by atoms with E-state index < -0.39 is 10.5 Å². The second kappa shape index (κ2) is 7.20. The summed E-state index contributed by atoms with van der Waals surface area (Å²) in [6.07, 6.45) is 1.56. The lowest BCUT2D eigenvalue weighted by atomic mass is 10.1. The van der Waals surface area contributed by atoms with E-state index in [0.29, 0.717) is 18.9 Å². The van der Waals surface area contributed by atoms with Gasteiger partial charge in [0.2, 0.25) is 11.7 Å². The fourth-order valence-electron chi connectivity index (χ4n) is 1.44. The Bertz CT molecular complexity index is 481. The van der Waals surface area contributed by atoms with Crippen molar-refractivity contribution in [2.24, 2.45) is 5.73 Å². The number of carbonyl (C=O) groups is 1. The van der Waals surface area contributed by atoms with Crippen LogP contribution in [0, 0.1) is 17.0 Å². The molecule has 0 aliphatic carbocycles. The minimum absolute atomic E-state index is 0. The van der Waals surface area contributed by atoms with Crippen LogP contribution in [0.3, 0.4) is 0 Å². The van der Waals surface area contributed by atoms with Gasteiger partial charge in [-0.2, -0.15) is 0 Å². The molecule has 0 saturated heterocycles. The van der Waals surface area contributed by atoms with Crippen molar-refractivity contribution in [2.45, 2.75) is 39.3 Å². The third kappa shape index (κ3) is 5.98. The number of carbonyl (C=O) groups excluding carboxylic acids is 1. The highest BCUT2D eigenvalue weighted by molar-refractivity contribution is 5.85. The molecule has 20 heavy (non-hydrogen) atoms. The molecule has 1 rings (SSSR count). The number of imidazole rings is 1. The summed E-state index contributed by atoms with van der Waals surface area (Å²) in [5.41, 5.74) is 5.29. The molecule has 0 bridgehead atoms. The summed E-state index contributed by atoms with van der Waals surface area (Å²) in [6, 6.07) is 0. The van der Waals surface area contributed by atoms with Gasteiger partial charge >= 0.3 is 5.82 Å². The summed E-state index contributed by atoms with van der Waals surface area (Å²) in [7, 11) is 0. The highest BCUT2D eigenvalue weighted by Crippen LogP contribution is 2.10. The minimum atomic E-state index is -0.555. The molecule has 0 atom stereocenters. The van der Waals surface area contributed by atoms with E-state index in [0.717, 1.165) is 0 Å². The van der Waals surface area contributed by atoms with Crippen LogP contribution in [0.25, 0.3) is 0 Å². The number of aryl methyl sites for hydroxylation is 2. The van der Waals surface area contributed by atoms with Gasteiger partial charge in [-0.3, -0.25) is 4.79 Å². The molecule has 0 unspecified atom stereocenters. The molecule has 0 radical (unpaired) electrons. The zero-order valence-electron chi connectivity index (χ0n) is 11.8. The number of nitrogens with two attached hydrogens (primary N) is 1. The van der Waals surface area contributed by atoms with E-state index in [2.05, 4.69) is 10.3 Å². The van der Waals surface area contributed by atoms with Crippen molar-refractivity contribution in [3.8, 4) is 0 Å². The van der Waals surface area contributed by atoms with Crippen LogP contribution in [0.4, 0.5) is 5.82 Å². The fraction of sp³-hybridized carbons (Fsp3) is 0.636. The van der Waals surface area contributed by atoms with Crippen LogP contribution in [0.5, 0.6) is 0 Å². The molecule has 3 N–H and O–H groups in total. The molecule has 1 aromatic rings. The van der Waals surface area contributed by atoms with Gasteiger partial charge in [0.15, 0.2) is 0 Å². The maximum atomic E-state index is 11.6. The average molecular weight is 306 g/mol. The first-order chi connectivity index (χ1) is 8.69. The molecule has 0 spiro atoms. The van der Waals surface area contributed by atoms with Gasteiger partial charge in [0.25, 0.3) is 0 Å². The monoisotopic (exact) mass is 305 g/mol. The Morgan fingerprint density at radius 3 is 2.65 bits per heavy atom. The Morgan fingerprint density at radius 1 is 1.60 bits per heavy atom. The molecule has 1 heterocycles. The van der Waals surface area contributed by atoms with Gasteiger partial charge in [-0.1, -0.05) is 0 Å². The Balaban J connectivity index is 0.00000361. The summed E-state index contributed by atoms with van der Waals surface area (Å²) >= 11 is 0. The summed E-state index contributed by atoms with van der Waals surface area (Å²) in [4.78, 5) is 25.4. The maximum absolute atomic E-state index is 11.6. The van der Waals surface area contributed by atoms with Gasteiger partial charge in [-0.05, 0) is 23.8 Å². The average Bonchev–Trinajstić information content (AvgIpc) is 2.64. The third-order valence-corrected chi connectivity index (χ3v) is 2.47. The number of amides is 1. The molecule has 1 amide bonds. The first-order valence-electron chi connectivity index (χ1n) is 5.93. The fourth-order valence-corrected chi connectivity index (χ4v) is 1.44. The van der Waals surface area contributed by atoms with Crippen LogP contribution in [0.2, 0.25) is 0 Å². The third-order valence-electron chi connectivity index (χ3n) is 2.47. The van der Waals surface area contributed by atoms with Crippen molar-refractivity contribution >= 4 is 24.1 Å². The maximum Gasteiger partial charge on any atom is 0.381 e. The quantitative estimate of drug-likeness (QED) is 0.594. The zero-order valence-corrected chi connectivity index (χ0v) is 12.6. The zero-order chi connectivity index (χ0) is 14.6. The molecular weight excluding hydrogens is 286 g/mol. The molecule has 114 valence electrons. The normalized spacial score (nSPS) is 10.8. The smallest absolute Gasteiger partial charge is 0.358 e.